The molecule has 0 spiro atoms. The fraction of sp³-hybridized carbons (Fsp3) is 0.217. The standard InChI is InChI=1S/C23H22FN3O6S/c1-4-32-22(28)21-12-9-17(33-21)14-27(16-7-5-15(24)6-8-16)34(30,31)18-10-11-19-20(13-18)26(3)23(29)25(19)2/h5-13H,4,14H2,1-3H3. The number of rotatable bonds is 7. The van der Waals surface area contributed by atoms with E-state index < -0.39 is 21.8 Å². The molecule has 0 bridgehead atoms. The molecule has 0 N–H and O–H groups in total. The number of ether oxygens (including phenoxy) is 1. The summed E-state index contributed by atoms with van der Waals surface area (Å²) in [6.07, 6.45) is 0. The van der Waals surface area contributed by atoms with Crippen molar-refractivity contribution in [2.24, 2.45) is 14.1 Å². The van der Waals surface area contributed by atoms with Crippen molar-refractivity contribution in [3.8, 4) is 0 Å². The van der Waals surface area contributed by atoms with Gasteiger partial charge in [-0.1, -0.05) is 0 Å². The van der Waals surface area contributed by atoms with Crippen LogP contribution < -0.4 is 9.99 Å². The molecule has 4 aromatic rings. The van der Waals surface area contributed by atoms with Gasteiger partial charge >= 0.3 is 11.7 Å². The molecule has 0 saturated heterocycles. The fourth-order valence-electron chi connectivity index (χ4n) is 3.61. The van der Waals surface area contributed by atoms with Crippen molar-refractivity contribution in [2.45, 2.75) is 18.4 Å². The normalized spacial score (nSPS) is 11.6. The minimum Gasteiger partial charge on any atom is -0.460 e. The smallest absolute Gasteiger partial charge is 0.374 e. The molecule has 178 valence electrons. The van der Waals surface area contributed by atoms with Crippen molar-refractivity contribution in [1.29, 1.82) is 0 Å². The third kappa shape index (κ3) is 4.10. The quantitative estimate of drug-likeness (QED) is 0.371. The number of fused-ring (bicyclic) bond motifs is 1. The monoisotopic (exact) mass is 487 g/mol. The number of halogens is 1. The van der Waals surface area contributed by atoms with Crippen LogP contribution in [0.5, 0.6) is 0 Å². The van der Waals surface area contributed by atoms with Crippen molar-refractivity contribution in [1.82, 2.24) is 9.13 Å². The first-order chi connectivity index (χ1) is 16.1. The summed E-state index contributed by atoms with van der Waals surface area (Å²) < 4.78 is 55.2. The first-order valence-corrected chi connectivity index (χ1v) is 11.8. The Morgan fingerprint density at radius 3 is 2.38 bits per heavy atom. The maximum absolute atomic E-state index is 13.7. The Morgan fingerprint density at radius 1 is 1.03 bits per heavy atom. The van der Waals surface area contributed by atoms with Crippen molar-refractivity contribution in [2.75, 3.05) is 10.9 Å². The maximum atomic E-state index is 13.7. The van der Waals surface area contributed by atoms with Crippen molar-refractivity contribution < 1.29 is 26.8 Å². The average molecular weight is 488 g/mol. The Morgan fingerprint density at radius 2 is 1.71 bits per heavy atom. The Kier molecular flexibility index (Phi) is 6.05. The Balaban J connectivity index is 1.79. The Hall–Kier alpha value is -3.86. The lowest BCUT2D eigenvalue weighted by molar-refractivity contribution is 0.0488. The number of hydrogen-bond donors (Lipinski definition) is 0. The van der Waals surface area contributed by atoms with Crippen LogP contribution in [-0.2, 0) is 35.4 Å². The topological polar surface area (TPSA) is 104 Å². The van der Waals surface area contributed by atoms with E-state index in [0.29, 0.717) is 11.0 Å². The second-order valence-electron chi connectivity index (χ2n) is 7.53. The summed E-state index contributed by atoms with van der Waals surface area (Å²) in [6, 6.07) is 12.2. The van der Waals surface area contributed by atoms with Gasteiger partial charge in [-0.3, -0.25) is 13.4 Å². The van der Waals surface area contributed by atoms with E-state index in [1.807, 2.05) is 0 Å². The van der Waals surface area contributed by atoms with Gasteiger partial charge in [0.2, 0.25) is 5.76 Å². The first kappa shape index (κ1) is 23.3. The van der Waals surface area contributed by atoms with Crippen LogP contribution in [0.2, 0.25) is 0 Å². The molecule has 0 atom stereocenters. The molecule has 0 saturated carbocycles. The highest BCUT2D eigenvalue weighted by Gasteiger charge is 2.28. The number of carbonyl (C=O) groups excluding carboxylic acids is 1. The molecule has 0 unspecified atom stereocenters. The van der Waals surface area contributed by atoms with E-state index in [1.165, 1.54) is 45.5 Å². The van der Waals surface area contributed by atoms with Gasteiger partial charge in [0, 0.05) is 14.1 Å². The number of hydrogen-bond acceptors (Lipinski definition) is 6. The van der Waals surface area contributed by atoms with Gasteiger partial charge in [0.25, 0.3) is 10.0 Å². The van der Waals surface area contributed by atoms with Crippen molar-refractivity contribution in [3.05, 3.63) is 82.4 Å². The third-order valence-corrected chi connectivity index (χ3v) is 7.15. The van der Waals surface area contributed by atoms with E-state index in [0.717, 1.165) is 16.4 Å². The largest absolute Gasteiger partial charge is 0.460 e. The summed E-state index contributed by atoms with van der Waals surface area (Å²) in [6.45, 7) is 1.55. The lowest BCUT2D eigenvalue weighted by Gasteiger charge is -2.24. The summed E-state index contributed by atoms with van der Waals surface area (Å²) in [5.74, 6) is -1.07. The second-order valence-corrected chi connectivity index (χ2v) is 9.39. The molecule has 2 aromatic carbocycles. The summed E-state index contributed by atoms with van der Waals surface area (Å²) in [4.78, 5) is 24.1. The molecule has 2 aromatic heterocycles. The highest BCUT2D eigenvalue weighted by atomic mass is 32.2. The van der Waals surface area contributed by atoms with Gasteiger partial charge in [0.05, 0.1) is 34.8 Å². The summed E-state index contributed by atoms with van der Waals surface area (Å²) in [7, 11) is -1.04. The molecule has 0 aliphatic carbocycles. The molecule has 4 rings (SSSR count). The number of anilines is 1. The van der Waals surface area contributed by atoms with Gasteiger partial charge in [-0.25, -0.2) is 22.4 Å². The van der Waals surface area contributed by atoms with Crippen LogP contribution in [0.1, 0.15) is 23.2 Å². The fourth-order valence-corrected chi connectivity index (χ4v) is 5.06. The zero-order valence-electron chi connectivity index (χ0n) is 18.7. The highest BCUT2D eigenvalue weighted by Crippen LogP contribution is 2.28. The van der Waals surface area contributed by atoms with Crippen LogP contribution in [-0.4, -0.2) is 30.1 Å². The minimum atomic E-state index is -4.19. The number of sulfonamides is 1. The molecular formula is C23H22FN3O6S. The van der Waals surface area contributed by atoms with Gasteiger partial charge in [0.1, 0.15) is 11.6 Å². The highest BCUT2D eigenvalue weighted by molar-refractivity contribution is 7.92. The summed E-state index contributed by atoms with van der Waals surface area (Å²) in [5.41, 5.74) is 0.916. The van der Waals surface area contributed by atoms with Crippen molar-refractivity contribution in [3.63, 3.8) is 0 Å². The third-order valence-electron chi connectivity index (χ3n) is 5.38. The predicted octanol–water partition coefficient (Wildman–Crippen LogP) is 3.18. The molecule has 9 nitrogen and oxygen atoms in total. The van der Waals surface area contributed by atoms with E-state index in [4.69, 9.17) is 9.15 Å². The lowest BCUT2D eigenvalue weighted by atomic mass is 10.3. The molecule has 0 amide bonds. The van der Waals surface area contributed by atoms with Crippen LogP contribution in [0, 0.1) is 5.82 Å². The van der Waals surface area contributed by atoms with Gasteiger partial charge in [-0.05, 0) is 61.5 Å². The number of esters is 1. The molecule has 0 fully saturated rings. The van der Waals surface area contributed by atoms with Crippen LogP contribution >= 0.6 is 0 Å². The van der Waals surface area contributed by atoms with Gasteiger partial charge in [-0.2, -0.15) is 0 Å². The number of carbonyl (C=O) groups is 1. The number of furan rings is 1. The number of benzene rings is 2. The number of aryl methyl sites for hydroxylation is 2. The molecule has 0 aliphatic heterocycles. The zero-order valence-corrected chi connectivity index (χ0v) is 19.5. The van der Waals surface area contributed by atoms with E-state index >= 15 is 0 Å². The minimum absolute atomic E-state index is 0.0611. The van der Waals surface area contributed by atoms with Crippen molar-refractivity contribution >= 4 is 32.7 Å². The zero-order chi connectivity index (χ0) is 24.6. The van der Waals surface area contributed by atoms with Crippen LogP contribution in [0.15, 0.2) is 68.7 Å². The number of aromatic nitrogens is 2. The summed E-state index contributed by atoms with van der Waals surface area (Å²) in [5, 5.41) is 0. The van der Waals surface area contributed by atoms with E-state index in [9.17, 15) is 22.4 Å². The van der Waals surface area contributed by atoms with Crippen LogP contribution in [0.4, 0.5) is 10.1 Å². The molecule has 11 heteroatoms. The second kappa shape index (κ2) is 8.82. The molecule has 0 aliphatic rings. The van der Waals surface area contributed by atoms with E-state index in [2.05, 4.69) is 0 Å². The van der Waals surface area contributed by atoms with E-state index in [1.54, 1.807) is 27.1 Å². The average Bonchev–Trinajstić information content (AvgIpc) is 3.37. The van der Waals surface area contributed by atoms with Gasteiger partial charge in [-0.15, -0.1) is 0 Å². The number of imidazole rings is 1. The van der Waals surface area contributed by atoms with Gasteiger partial charge in [0.15, 0.2) is 0 Å². The Bertz CT molecular complexity index is 1530. The predicted molar refractivity (Wildman–Crippen MR) is 123 cm³/mol. The van der Waals surface area contributed by atoms with E-state index in [-0.39, 0.29) is 40.9 Å². The van der Waals surface area contributed by atoms with Crippen LogP contribution in [0.3, 0.4) is 0 Å². The van der Waals surface area contributed by atoms with Crippen LogP contribution in [0.25, 0.3) is 11.0 Å². The molecule has 0 radical (unpaired) electrons. The number of nitrogens with zero attached hydrogens (tertiary/aromatic N) is 3. The molecule has 2 heterocycles. The van der Waals surface area contributed by atoms with Gasteiger partial charge < -0.3 is 9.15 Å². The maximum Gasteiger partial charge on any atom is 0.374 e. The molecular weight excluding hydrogens is 465 g/mol. The lowest BCUT2D eigenvalue weighted by Crippen LogP contribution is -2.30. The summed E-state index contributed by atoms with van der Waals surface area (Å²) >= 11 is 0. The Labute approximate surface area is 194 Å². The SMILES string of the molecule is CCOC(=O)c1ccc(CN(c2ccc(F)cc2)S(=O)(=O)c2ccc3c(c2)n(C)c(=O)n3C)o1. The molecule has 34 heavy (non-hydrogen) atoms. The first-order valence-electron chi connectivity index (χ1n) is 10.3.